The third-order valence-corrected chi connectivity index (χ3v) is 5.07. The summed E-state index contributed by atoms with van der Waals surface area (Å²) in [4.78, 5) is 26.5. The van der Waals surface area contributed by atoms with Gasteiger partial charge in [0, 0.05) is 31.0 Å². The molecule has 0 spiro atoms. The third-order valence-electron chi connectivity index (χ3n) is 5.07. The fourth-order valence-corrected chi connectivity index (χ4v) is 3.60. The molecule has 0 saturated heterocycles. The van der Waals surface area contributed by atoms with Crippen LogP contribution < -0.4 is 20.3 Å². The van der Waals surface area contributed by atoms with Crippen molar-refractivity contribution >= 4 is 23.2 Å². The number of nitrogens with zero attached hydrogens (tertiary/aromatic N) is 1. The Morgan fingerprint density at radius 1 is 1.07 bits per heavy atom. The molecule has 0 radical (unpaired) electrons. The van der Waals surface area contributed by atoms with E-state index >= 15 is 0 Å². The number of carbonyl (C=O) groups is 2. The summed E-state index contributed by atoms with van der Waals surface area (Å²) >= 11 is 0. The van der Waals surface area contributed by atoms with Crippen molar-refractivity contribution in [1.82, 2.24) is 5.32 Å². The molecule has 3 rings (SSSR count). The van der Waals surface area contributed by atoms with E-state index in [9.17, 15) is 9.59 Å². The quantitative estimate of drug-likeness (QED) is 0.707. The minimum absolute atomic E-state index is 0.422. The van der Waals surface area contributed by atoms with Gasteiger partial charge >= 0.3 is 11.8 Å². The van der Waals surface area contributed by atoms with E-state index in [1.807, 2.05) is 6.92 Å². The molecule has 6 nitrogen and oxygen atoms in total. The predicted octanol–water partition coefficient (Wildman–Crippen LogP) is 3.16. The van der Waals surface area contributed by atoms with E-state index in [2.05, 4.69) is 40.7 Å². The summed E-state index contributed by atoms with van der Waals surface area (Å²) in [6.07, 6.45) is 2.96. The van der Waals surface area contributed by atoms with Gasteiger partial charge in [0.15, 0.2) is 0 Å². The van der Waals surface area contributed by atoms with Crippen molar-refractivity contribution in [3.8, 4) is 5.75 Å². The molecule has 154 valence electrons. The number of nitrogens with one attached hydrogen (secondary N) is 2. The molecule has 0 atom stereocenters. The zero-order valence-electron chi connectivity index (χ0n) is 17.2. The summed E-state index contributed by atoms with van der Waals surface area (Å²) in [7, 11) is 0. The molecule has 1 heterocycles. The van der Waals surface area contributed by atoms with Gasteiger partial charge in [0.2, 0.25) is 0 Å². The highest BCUT2D eigenvalue weighted by Crippen LogP contribution is 2.27. The third kappa shape index (κ3) is 5.50. The average Bonchev–Trinajstić information content (AvgIpc) is 2.74. The van der Waals surface area contributed by atoms with Crippen molar-refractivity contribution < 1.29 is 14.3 Å². The van der Waals surface area contributed by atoms with Gasteiger partial charge in [-0.25, -0.2) is 0 Å². The molecular formula is C23H29N3O3. The highest BCUT2D eigenvalue weighted by Gasteiger charge is 2.16. The molecule has 0 bridgehead atoms. The Morgan fingerprint density at radius 3 is 2.59 bits per heavy atom. The number of anilines is 2. The Hall–Kier alpha value is -3.02. The predicted molar refractivity (Wildman–Crippen MR) is 116 cm³/mol. The Labute approximate surface area is 172 Å². The number of aryl methyl sites for hydroxylation is 1. The molecule has 0 aromatic heterocycles. The topological polar surface area (TPSA) is 70.7 Å². The van der Waals surface area contributed by atoms with Gasteiger partial charge in [-0.1, -0.05) is 12.1 Å². The lowest BCUT2D eigenvalue weighted by Gasteiger charge is -2.30. The lowest BCUT2D eigenvalue weighted by Crippen LogP contribution is -2.36. The number of benzene rings is 2. The summed E-state index contributed by atoms with van der Waals surface area (Å²) in [5, 5.41) is 5.30. The molecule has 2 amide bonds. The second kappa shape index (κ2) is 9.96. The van der Waals surface area contributed by atoms with Crippen molar-refractivity contribution in [2.75, 3.05) is 36.5 Å². The lowest BCUT2D eigenvalue weighted by molar-refractivity contribution is -0.136. The van der Waals surface area contributed by atoms with Gasteiger partial charge in [0.25, 0.3) is 0 Å². The molecule has 2 aromatic rings. The summed E-state index contributed by atoms with van der Waals surface area (Å²) in [5.41, 5.74) is 4.43. The van der Waals surface area contributed by atoms with E-state index in [1.54, 1.807) is 24.3 Å². The number of fused-ring (bicyclic) bond motifs is 1. The average molecular weight is 396 g/mol. The molecule has 0 fully saturated rings. The number of hydrogen-bond acceptors (Lipinski definition) is 4. The van der Waals surface area contributed by atoms with Crippen molar-refractivity contribution in [2.45, 2.75) is 33.1 Å². The van der Waals surface area contributed by atoms with Gasteiger partial charge in [-0.2, -0.15) is 0 Å². The van der Waals surface area contributed by atoms with Crippen LogP contribution in [0, 0.1) is 0 Å². The van der Waals surface area contributed by atoms with Crippen LogP contribution in [-0.2, 0) is 22.4 Å². The van der Waals surface area contributed by atoms with E-state index in [0.29, 0.717) is 25.3 Å². The molecule has 0 aliphatic carbocycles. The minimum atomic E-state index is -0.668. The van der Waals surface area contributed by atoms with E-state index in [-0.39, 0.29) is 0 Å². The number of ether oxygens (including phenoxy) is 1. The van der Waals surface area contributed by atoms with E-state index < -0.39 is 11.8 Å². The summed E-state index contributed by atoms with van der Waals surface area (Å²) in [5.74, 6) is -0.575. The smallest absolute Gasteiger partial charge is 0.313 e. The van der Waals surface area contributed by atoms with Gasteiger partial charge in [0.05, 0.1) is 6.61 Å². The number of amides is 2. The van der Waals surface area contributed by atoms with Gasteiger partial charge in [-0.3, -0.25) is 9.59 Å². The summed E-state index contributed by atoms with van der Waals surface area (Å²) in [6, 6.07) is 13.4. The van der Waals surface area contributed by atoms with Gasteiger partial charge in [0.1, 0.15) is 5.75 Å². The molecule has 0 saturated carbocycles. The van der Waals surface area contributed by atoms with Crippen LogP contribution >= 0.6 is 0 Å². The Morgan fingerprint density at radius 2 is 1.86 bits per heavy atom. The molecular weight excluding hydrogens is 366 g/mol. The zero-order valence-corrected chi connectivity index (χ0v) is 17.2. The first kappa shape index (κ1) is 20.7. The Kier molecular flexibility index (Phi) is 7.11. The Balaban J connectivity index is 1.47. The molecule has 6 heteroatoms. The maximum Gasteiger partial charge on any atom is 0.313 e. The first-order valence-corrected chi connectivity index (χ1v) is 10.3. The highest BCUT2D eigenvalue weighted by molar-refractivity contribution is 6.39. The molecule has 0 unspecified atom stereocenters. The van der Waals surface area contributed by atoms with Crippen LogP contribution in [0.25, 0.3) is 0 Å². The van der Waals surface area contributed by atoms with Crippen LogP contribution in [0.2, 0.25) is 0 Å². The number of rotatable bonds is 7. The monoisotopic (exact) mass is 395 g/mol. The van der Waals surface area contributed by atoms with Crippen LogP contribution in [0.15, 0.2) is 42.5 Å². The van der Waals surface area contributed by atoms with Crippen LogP contribution in [0.1, 0.15) is 31.4 Å². The van der Waals surface area contributed by atoms with Crippen molar-refractivity contribution in [3.63, 3.8) is 0 Å². The number of carbonyl (C=O) groups excluding carboxylic acids is 2. The van der Waals surface area contributed by atoms with Gasteiger partial charge < -0.3 is 20.3 Å². The van der Waals surface area contributed by atoms with E-state index in [0.717, 1.165) is 25.3 Å². The molecule has 1 aliphatic heterocycles. The first-order valence-electron chi connectivity index (χ1n) is 10.3. The SMILES string of the molecule is CCOc1ccc(NC(=O)C(=O)NCCc2ccc3c(c2)CCCN3CC)cc1. The molecule has 1 aliphatic rings. The Bertz CT molecular complexity index is 849. The van der Waals surface area contributed by atoms with E-state index in [4.69, 9.17) is 4.74 Å². The van der Waals surface area contributed by atoms with Crippen molar-refractivity contribution in [3.05, 3.63) is 53.6 Å². The largest absolute Gasteiger partial charge is 0.494 e. The normalized spacial score (nSPS) is 12.8. The second-order valence-electron chi connectivity index (χ2n) is 7.06. The standard InChI is InChI=1S/C23H29N3O3/c1-3-26-15-5-6-18-16-17(7-12-21(18)26)13-14-24-22(27)23(28)25-19-8-10-20(11-9-19)29-4-2/h7-12,16H,3-6,13-15H2,1-2H3,(H,24,27)(H,25,28). The fourth-order valence-electron chi connectivity index (χ4n) is 3.60. The van der Waals surface area contributed by atoms with Crippen molar-refractivity contribution in [1.29, 1.82) is 0 Å². The van der Waals surface area contributed by atoms with Crippen molar-refractivity contribution in [2.24, 2.45) is 0 Å². The molecule has 2 N–H and O–H groups in total. The molecule has 2 aromatic carbocycles. The van der Waals surface area contributed by atoms with E-state index in [1.165, 1.54) is 23.2 Å². The van der Waals surface area contributed by atoms with Crippen LogP contribution in [0.5, 0.6) is 5.75 Å². The first-order chi connectivity index (χ1) is 14.1. The maximum atomic E-state index is 12.1. The molecule has 29 heavy (non-hydrogen) atoms. The van der Waals surface area contributed by atoms with Gasteiger partial charge in [-0.15, -0.1) is 0 Å². The highest BCUT2D eigenvalue weighted by atomic mass is 16.5. The minimum Gasteiger partial charge on any atom is -0.494 e. The van der Waals surface area contributed by atoms with Gasteiger partial charge in [-0.05, 0) is 74.6 Å². The summed E-state index contributed by atoms with van der Waals surface area (Å²) < 4.78 is 5.36. The van der Waals surface area contributed by atoms with Crippen LogP contribution in [-0.4, -0.2) is 38.1 Å². The van der Waals surface area contributed by atoms with Crippen LogP contribution in [0.4, 0.5) is 11.4 Å². The fraction of sp³-hybridized carbons (Fsp3) is 0.391. The maximum absolute atomic E-state index is 12.1. The zero-order chi connectivity index (χ0) is 20.6. The second-order valence-corrected chi connectivity index (χ2v) is 7.06. The lowest BCUT2D eigenvalue weighted by atomic mass is 9.98. The summed E-state index contributed by atoms with van der Waals surface area (Å²) in [6.45, 7) is 7.22. The van der Waals surface area contributed by atoms with Crippen LogP contribution in [0.3, 0.4) is 0 Å². The number of hydrogen-bond donors (Lipinski definition) is 2.